The summed E-state index contributed by atoms with van der Waals surface area (Å²) in [6.07, 6.45) is 4.57. The van der Waals surface area contributed by atoms with Gasteiger partial charge in [0.1, 0.15) is 16.4 Å². The Bertz CT molecular complexity index is 466. The number of halogens is 2. The van der Waals surface area contributed by atoms with E-state index in [0.29, 0.717) is 14.5 Å². The summed E-state index contributed by atoms with van der Waals surface area (Å²) >= 11 is 4.31. The maximum atomic E-state index is 13.4. The number of hydrogen-bond acceptors (Lipinski definition) is 4. The first-order valence-electron chi connectivity index (χ1n) is 4.00. The lowest BCUT2D eigenvalue weighted by Crippen LogP contribution is -1.88. The minimum Gasteiger partial charge on any atom is -0.245 e. The van der Waals surface area contributed by atoms with E-state index in [4.69, 9.17) is 0 Å². The standard InChI is InChI=1S/C9H5BrFN3S/c10-6-3-7(11)9(13-4-6)15-8-1-2-12-5-14-8/h1-5H. The summed E-state index contributed by atoms with van der Waals surface area (Å²) in [7, 11) is 0. The van der Waals surface area contributed by atoms with Crippen LogP contribution in [0, 0.1) is 5.82 Å². The first-order chi connectivity index (χ1) is 7.25. The molecule has 0 bridgehead atoms. The van der Waals surface area contributed by atoms with Crippen molar-refractivity contribution in [3.05, 3.63) is 41.1 Å². The van der Waals surface area contributed by atoms with Crippen LogP contribution >= 0.6 is 27.7 Å². The van der Waals surface area contributed by atoms with Gasteiger partial charge < -0.3 is 0 Å². The molecule has 0 saturated heterocycles. The molecule has 2 rings (SSSR count). The lowest BCUT2D eigenvalue weighted by molar-refractivity contribution is 0.586. The molecule has 0 aliphatic heterocycles. The SMILES string of the molecule is Fc1cc(Br)cnc1Sc1ccncn1. The molecule has 15 heavy (non-hydrogen) atoms. The summed E-state index contributed by atoms with van der Waals surface area (Å²) in [5, 5.41) is 0.968. The Morgan fingerprint density at radius 1 is 1.33 bits per heavy atom. The lowest BCUT2D eigenvalue weighted by atomic mass is 10.5. The van der Waals surface area contributed by atoms with Gasteiger partial charge in [-0.25, -0.2) is 19.3 Å². The molecule has 0 amide bonds. The van der Waals surface area contributed by atoms with E-state index in [9.17, 15) is 4.39 Å². The Morgan fingerprint density at radius 3 is 2.87 bits per heavy atom. The maximum absolute atomic E-state index is 13.4. The smallest absolute Gasteiger partial charge is 0.156 e. The highest BCUT2D eigenvalue weighted by molar-refractivity contribution is 9.10. The van der Waals surface area contributed by atoms with Crippen molar-refractivity contribution >= 4 is 27.7 Å². The fraction of sp³-hybridized carbons (Fsp3) is 0. The molecule has 2 aromatic heterocycles. The van der Waals surface area contributed by atoms with Gasteiger partial charge in [0, 0.05) is 16.9 Å². The Labute approximate surface area is 98.3 Å². The van der Waals surface area contributed by atoms with Crippen molar-refractivity contribution < 1.29 is 4.39 Å². The molecule has 2 aromatic rings. The van der Waals surface area contributed by atoms with Crippen LogP contribution in [0.2, 0.25) is 0 Å². The average molecular weight is 286 g/mol. The van der Waals surface area contributed by atoms with E-state index in [-0.39, 0.29) is 5.82 Å². The van der Waals surface area contributed by atoms with Crippen LogP contribution in [0.5, 0.6) is 0 Å². The van der Waals surface area contributed by atoms with Crippen molar-refractivity contribution in [2.75, 3.05) is 0 Å². The van der Waals surface area contributed by atoms with Crippen molar-refractivity contribution in [3.63, 3.8) is 0 Å². The number of aromatic nitrogens is 3. The fourth-order valence-electron chi connectivity index (χ4n) is 0.915. The van der Waals surface area contributed by atoms with Gasteiger partial charge in [-0.2, -0.15) is 0 Å². The van der Waals surface area contributed by atoms with Gasteiger partial charge >= 0.3 is 0 Å². The van der Waals surface area contributed by atoms with Crippen molar-refractivity contribution in [1.29, 1.82) is 0 Å². The number of pyridine rings is 1. The van der Waals surface area contributed by atoms with Gasteiger partial charge in [-0.1, -0.05) is 0 Å². The van der Waals surface area contributed by atoms with Crippen molar-refractivity contribution in [3.8, 4) is 0 Å². The number of nitrogens with zero attached hydrogens (tertiary/aromatic N) is 3. The molecule has 0 unspecified atom stereocenters. The van der Waals surface area contributed by atoms with Crippen LogP contribution < -0.4 is 0 Å². The third kappa shape index (κ3) is 2.73. The highest BCUT2D eigenvalue weighted by Gasteiger charge is 2.06. The number of rotatable bonds is 2. The van der Waals surface area contributed by atoms with Crippen LogP contribution in [-0.2, 0) is 0 Å². The van der Waals surface area contributed by atoms with Crippen molar-refractivity contribution in [1.82, 2.24) is 15.0 Å². The van der Waals surface area contributed by atoms with E-state index >= 15 is 0 Å². The first-order valence-corrected chi connectivity index (χ1v) is 5.61. The van der Waals surface area contributed by atoms with Gasteiger partial charge in [0.15, 0.2) is 5.82 Å². The third-order valence-electron chi connectivity index (χ3n) is 1.53. The molecular weight excluding hydrogens is 281 g/mol. The topological polar surface area (TPSA) is 38.7 Å². The number of hydrogen-bond donors (Lipinski definition) is 0. The molecule has 0 atom stereocenters. The second kappa shape index (κ2) is 4.67. The Morgan fingerprint density at radius 2 is 2.20 bits per heavy atom. The first kappa shape index (κ1) is 10.5. The van der Waals surface area contributed by atoms with Crippen LogP contribution in [-0.4, -0.2) is 15.0 Å². The quantitative estimate of drug-likeness (QED) is 0.796. The Hall–Kier alpha value is -1.01. The molecule has 0 aliphatic rings. The minimum absolute atomic E-state index is 0.303. The molecule has 0 spiro atoms. The van der Waals surface area contributed by atoms with Crippen LogP contribution in [0.1, 0.15) is 0 Å². The van der Waals surface area contributed by atoms with Gasteiger partial charge in [0.25, 0.3) is 0 Å². The van der Waals surface area contributed by atoms with Crippen LogP contribution in [0.15, 0.2) is 45.4 Å². The zero-order valence-electron chi connectivity index (χ0n) is 7.39. The summed E-state index contributed by atoms with van der Waals surface area (Å²) in [4.78, 5) is 11.7. The highest BCUT2D eigenvalue weighted by Crippen LogP contribution is 2.26. The molecule has 2 heterocycles. The monoisotopic (exact) mass is 285 g/mol. The Kier molecular flexibility index (Phi) is 3.27. The van der Waals surface area contributed by atoms with E-state index in [1.54, 1.807) is 18.5 Å². The minimum atomic E-state index is -0.368. The van der Waals surface area contributed by atoms with Crippen LogP contribution in [0.25, 0.3) is 0 Å². The molecule has 3 nitrogen and oxygen atoms in total. The fourth-order valence-corrected chi connectivity index (χ4v) is 1.91. The lowest BCUT2D eigenvalue weighted by Gasteiger charge is -2.00. The van der Waals surface area contributed by atoms with E-state index < -0.39 is 0 Å². The molecule has 6 heteroatoms. The van der Waals surface area contributed by atoms with Crippen molar-refractivity contribution in [2.45, 2.75) is 10.1 Å². The summed E-state index contributed by atoms with van der Waals surface area (Å²) in [5.74, 6) is -0.368. The van der Waals surface area contributed by atoms with Crippen molar-refractivity contribution in [2.24, 2.45) is 0 Å². The van der Waals surface area contributed by atoms with E-state index in [0.717, 1.165) is 11.8 Å². The summed E-state index contributed by atoms with van der Waals surface area (Å²) in [6, 6.07) is 3.07. The summed E-state index contributed by atoms with van der Waals surface area (Å²) in [5.41, 5.74) is 0. The Balaban J connectivity index is 2.25. The van der Waals surface area contributed by atoms with Crippen LogP contribution in [0.4, 0.5) is 4.39 Å². The predicted molar refractivity (Wildman–Crippen MR) is 58.1 cm³/mol. The van der Waals surface area contributed by atoms with E-state index in [2.05, 4.69) is 30.9 Å². The molecule has 0 aromatic carbocycles. The largest absolute Gasteiger partial charge is 0.245 e. The zero-order chi connectivity index (χ0) is 10.7. The highest BCUT2D eigenvalue weighted by atomic mass is 79.9. The average Bonchev–Trinajstić information content (AvgIpc) is 2.24. The predicted octanol–water partition coefficient (Wildman–Crippen LogP) is 2.92. The maximum Gasteiger partial charge on any atom is 0.156 e. The second-order valence-electron chi connectivity index (χ2n) is 2.59. The molecule has 76 valence electrons. The van der Waals surface area contributed by atoms with Gasteiger partial charge in [0.05, 0.1) is 0 Å². The van der Waals surface area contributed by atoms with Gasteiger partial charge in [-0.3, -0.25) is 0 Å². The molecule has 0 N–H and O–H groups in total. The summed E-state index contributed by atoms with van der Waals surface area (Å²) < 4.78 is 14.0. The molecule has 0 saturated carbocycles. The van der Waals surface area contributed by atoms with Gasteiger partial charge in [0.2, 0.25) is 0 Å². The second-order valence-corrected chi connectivity index (χ2v) is 4.51. The normalized spacial score (nSPS) is 10.3. The van der Waals surface area contributed by atoms with Crippen LogP contribution in [0.3, 0.4) is 0 Å². The van der Waals surface area contributed by atoms with Gasteiger partial charge in [-0.15, -0.1) is 0 Å². The molecule has 0 aliphatic carbocycles. The third-order valence-corrected chi connectivity index (χ3v) is 2.91. The van der Waals surface area contributed by atoms with E-state index in [1.807, 2.05) is 0 Å². The van der Waals surface area contributed by atoms with E-state index in [1.165, 1.54) is 12.4 Å². The summed E-state index contributed by atoms with van der Waals surface area (Å²) in [6.45, 7) is 0. The van der Waals surface area contributed by atoms with Gasteiger partial charge in [-0.05, 0) is 39.8 Å². The molecular formula is C9H5BrFN3S. The molecule has 0 fully saturated rings. The molecule has 0 radical (unpaired) electrons. The zero-order valence-corrected chi connectivity index (χ0v) is 9.80.